The maximum absolute atomic E-state index is 13.7. The monoisotopic (exact) mass is 452 g/mol. The van der Waals surface area contributed by atoms with Crippen molar-refractivity contribution in [2.24, 2.45) is 0 Å². The van der Waals surface area contributed by atoms with Crippen molar-refractivity contribution in [1.82, 2.24) is 0 Å². The third kappa shape index (κ3) is 4.04. The summed E-state index contributed by atoms with van der Waals surface area (Å²) in [6, 6.07) is 6.10. The zero-order valence-corrected chi connectivity index (χ0v) is 19.4. The van der Waals surface area contributed by atoms with Crippen molar-refractivity contribution in [2.45, 2.75) is 52.2 Å². The highest BCUT2D eigenvalue weighted by molar-refractivity contribution is 5.90. The number of aromatic hydroxyl groups is 2. The largest absolute Gasteiger partial charge is 0.508 e. The lowest BCUT2D eigenvalue weighted by atomic mass is 9.93. The van der Waals surface area contributed by atoms with E-state index in [0.29, 0.717) is 29.0 Å². The Hall–Kier alpha value is -3.45. The lowest BCUT2D eigenvalue weighted by Crippen LogP contribution is -2.42. The SMILES string of the molecule is COc1cc2oc3c(c(=O)c2c(O)c1CC=C(C)C)C[C@@H](C(C)(C)O)Oc1cc(O)ccc1-3. The Bertz CT molecular complexity index is 1320. The van der Waals surface area contributed by atoms with Crippen molar-refractivity contribution in [1.29, 1.82) is 0 Å². The van der Waals surface area contributed by atoms with Crippen LogP contribution in [0.5, 0.6) is 23.0 Å². The van der Waals surface area contributed by atoms with Gasteiger partial charge in [0.1, 0.15) is 45.8 Å². The standard InChI is InChI=1S/C26H28O7/c1-13(2)6-8-15-18(31-5)12-20-22(23(15)28)24(29)17-11-21(26(3,4)30)32-19-10-14(27)7-9-16(19)25(17)33-20/h6-7,9-10,12,21,27-28,30H,8,11H2,1-5H3/t21-/m0/s1. The fourth-order valence-corrected chi connectivity index (χ4v) is 4.05. The third-order valence-corrected chi connectivity index (χ3v) is 5.91. The van der Waals surface area contributed by atoms with Crippen LogP contribution in [0.3, 0.4) is 0 Å². The summed E-state index contributed by atoms with van der Waals surface area (Å²) in [6.07, 6.45) is 1.60. The van der Waals surface area contributed by atoms with E-state index in [9.17, 15) is 20.1 Å². The van der Waals surface area contributed by atoms with Crippen molar-refractivity contribution >= 4 is 11.0 Å². The molecule has 0 spiro atoms. The number of allylic oxidation sites excluding steroid dienone is 2. The first kappa shape index (κ1) is 22.7. The first-order valence-electron chi connectivity index (χ1n) is 10.8. The van der Waals surface area contributed by atoms with Crippen LogP contribution in [0.4, 0.5) is 0 Å². The Labute approximate surface area is 191 Å². The zero-order chi connectivity index (χ0) is 24.1. The van der Waals surface area contributed by atoms with Gasteiger partial charge in [-0.1, -0.05) is 11.6 Å². The summed E-state index contributed by atoms with van der Waals surface area (Å²) in [5, 5.41) is 31.8. The second-order valence-corrected chi connectivity index (χ2v) is 9.15. The Morgan fingerprint density at radius 1 is 1.24 bits per heavy atom. The van der Waals surface area contributed by atoms with Gasteiger partial charge in [-0.25, -0.2) is 0 Å². The smallest absolute Gasteiger partial charge is 0.200 e. The number of ether oxygens (including phenoxy) is 2. The summed E-state index contributed by atoms with van der Waals surface area (Å²) in [6.45, 7) is 7.08. The molecule has 33 heavy (non-hydrogen) atoms. The molecule has 174 valence electrons. The van der Waals surface area contributed by atoms with Crippen LogP contribution in [0.1, 0.15) is 38.8 Å². The number of hydrogen-bond donors (Lipinski definition) is 3. The van der Waals surface area contributed by atoms with Crippen LogP contribution in [-0.2, 0) is 12.8 Å². The number of aliphatic hydroxyl groups is 1. The Balaban J connectivity index is 2.06. The Morgan fingerprint density at radius 3 is 2.61 bits per heavy atom. The van der Waals surface area contributed by atoms with Crippen LogP contribution < -0.4 is 14.9 Å². The molecule has 0 fully saturated rings. The molecule has 3 N–H and O–H groups in total. The number of hydrogen-bond acceptors (Lipinski definition) is 7. The Morgan fingerprint density at radius 2 is 1.97 bits per heavy atom. The molecule has 1 aliphatic heterocycles. The number of benzene rings is 2. The third-order valence-electron chi connectivity index (χ3n) is 5.91. The topological polar surface area (TPSA) is 109 Å². The number of phenols is 2. The van der Waals surface area contributed by atoms with E-state index in [2.05, 4.69) is 0 Å². The number of rotatable bonds is 4. The van der Waals surface area contributed by atoms with Gasteiger partial charge >= 0.3 is 0 Å². The minimum atomic E-state index is -1.29. The number of phenolic OH excluding ortho intramolecular Hbond substituents is 2. The normalized spacial score (nSPS) is 15.3. The summed E-state index contributed by atoms with van der Waals surface area (Å²) >= 11 is 0. The first-order chi connectivity index (χ1) is 15.5. The van der Waals surface area contributed by atoms with Crippen molar-refractivity contribution in [3.63, 3.8) is 0 Å². The Kier molecular flexibility index (Phi) is 5.62. The zero-order valence-electron chi connectivity index (χ0n) is 19.4. The summed E-state index contributed by atoms with van der Waals surface area (Å²) in [5.41, 5.74) is 0.803. The minimum absolute atomic E-state index is 0.0157. The fourth-order valence-electron chi connectivity index (χ4n) is 4.05. The second kappa shape index (κ2) is 8.15. The molecule has 0 bridgehead atoms. The molecular formula is C26H28O7. The second-order valence-electron chi connectivity index (χ2n) is 9.15. The lowest BCUT2D eigenvalue weighted by molar-refractivity contribution is -0.0322. The van der Waals surface area contributed by atoms with E-state index in [-0.39, 0.29) is 40.2 Å². The minimum Gasteiger partial charge on any atom is -0.508 e. The van der Waals surface area contributed by atoms with E-state index in [1.54, 1.807) is 26.0 Å². The van der Waals surface area contributed by atoms with Gasteiger partial charge in [-0.3, -0.25) is 4.79 Å². The number of methoxy groups -OCH3 is 1. The van der Waals surface area contributed by atoms with E-state index >= 15 is 0 Å². The van der Waals surface area contributed by atoms with Gasteiger partial charge in [0.05, 0.1) is 18.3 Å². The molecule has 0 amide bonds. The van der Waals surface area contributed by atoms with E-state index in [1.165, 1.54) is 19.2 Å². The summed E-state index contributed by atoms with van der Waals surface area (Å²) in [4.78, 5) is 13.7. The molecular weight excluding hydrogens is 424 g/mol. The van der Waals surface area contributed by atoms with Gasteiger partial charge in [0, 0.05) is 29.7 Å². The van der Waals surface area contributed by atoms with Crippen molar-refractivity contribution in [3.05, 3.63) is 57.3 Å². The highest BCUT2D eigenvalue weighted by atomic mass is 16.5. The molecule has 7 heteroatoms. The molecule has 7 nitrogen and oxygen atoms in total. The molecule has 1 aliphatic rings. The molecule has 1 atom stereocenters. The lowest BCUT2D eigenvalue weighted by Gasteiger charge is -2.28. The average Bonchev–Trinajstić information content (AvgIpc) is 2.89. The molecule has 0 saturated heterocycles. The van der Waals surface area contributed by atoms with Crippen LogP contribution >= 0.6 is 0 Å². The van der Waals surface area contributed by atoms with Crippen LogP contribution in [0, 0.1) is 0 Å². The summed E-state index contributed by atoms with van der Waals surface area (Å²) in [7, 11) is 1.49. The molecule has 1 aromatic heterocycles. The quantitative estimate of drug-likeness (QED) is 0.501. The van der Waals surface area contributed by atoms with Gasteiger partial charge in [0.2, 0.25) is 0 Å². The molecule has 2 aromatic carbocycles. The van der Waals surface area contributed by atoms with E-state index < -0.39 is 17.1 Å². The van der Waals surface area contributed by atoms with Gasteiger partial charge in [-0.15, -0.1) is 0 Å². The molecule has 0 radical (unpaired) electrons. The fraction of sp³-hybridized carbons (Fsp3) is 0.346. The maximum atomic E-state index is 13.7. The van der Waals surface area contributed by atoms with Crippen molar-refractivity contribution in [3.8, 4) is 34.3 Å². The molecule has 0 aliphatic carbocycles. The van der Waals surface area contributed by atoms with Crippen LogP contribution in [0.15, 0.2) is 45.1 Å². The van der Waals surface area contributed by atoms with Crippen LogP contribution in [0.2, 0.25) is 0 Å². The molecule has 0 unspecified atom stereocenters. The van der Waals surface area contributed by atoms with Crippen molar-refractivity contribution in [2.75, 3.05) is 7.11 Å². The van der Waals surface area contributed by atoms with Crippen LogP contribution in [-0.4, -0.2) is 34.1 Å². The molecule has 3 aromatic rings. The van der Waals surface area contributed by atoms with Crippen LogP contribution in [0.25, 0.3) is 22.3 Å². The summed E-state index contributed by atoms with van der Waals surface area (Å²) < 4.78 is 17.7. The molecule has 0 saturated carbocycles. The molecule has 4 rings (SSSR count). The molecule has 2 heterocycles. The van der Waals surface area contributed by atoms with E-state index in [1.807, 2.05) is 19.9 Å². The van der Waals surface area contributed by atoms with Gasteiger partial charge < -0.3 is 29.2 Å². The first-order valence-corrected chi connectivity index (χ1v) is 10.8. The highest BCUT2D eigenvalue weighted by Gasteiger charge is 2.36. The van der Waals surface area contributed by atoms with Gasteiger partial charge in [0.15, 0.2) is 5.43 Å². The van der Waals surface area contributed by atoms with E-state index in [4.69, 9.17) is 13.9 Å². The average molecular weight is 453 g/mol. The predicted molar refractivity (Wildman–Crippen MR) is 125 cm³/mol. The van der Waals surface area contributed by atoms with Gasteiger partial charge in [0.25, 0.3) is 0 Å². The summed E-state index contributed by atoms with van der Waals surface area (Å²) in [5.74, 6) is 0.769. The van der Waals surface area contributed by atoms with E-state index in [0.717, 1.165) is 5.57 Å². The number of fused-ring (bicyclic) bond motifs is 4. The van der Waals surface area contributed by atoms with Crippen molar-refractivity contribution < 1.29 is 29.2 Å². The maximum Gasteiger partial charge on any atom is 0.200 e. The van der Waals surface area contributed by atoms with Gasteiger partial charge in [-0.05, 0) is 46.2 Å². The highest BCUT2D eigenvalue weighted by Crippen LogP contribution is 2.43. The predicted octanol–water partition coefficient (Wildman–Crippen LogP) is 4.46. The van der Waals surface area contributed by atoms with Gasteiger partial charge in [-0.2, -0.15) is 0 Å².